The second-order valence-corrected chi connectivity index (χ2v) is 1.73. The topological polar surface area (TPSA) is 41.6 Å². The van der Waals surface area contributed by atoms with Crippen LogP contribution in [-0.2, 0) is 4.74 Å². The van der Waals surface area contributed by atoms with E-state index in [1.54, 1.807) is 0 Å². The Bertz CT molecular complexity index is 106. The molecule has 0 rings (SSSR count). The van der Waals surface area contributed by atoms with E-state index in [0.717, 1.165) is 6.54 Å². The molecular formula is C6H14N2O2. The largest absolute Gasteiger partial charge is 0.452 e. The van der Waals surface area contributed by atoms with Crippen molar-refractivity contribution in [3.8, 4) is 0 Å². The second-order valence-electron chi connectivity index (χ2n) is 1.73. The van der Waals surface area contributed by atoms with Crippen molar-refractivity contribution in [3.05, 3.63) is 0 Å². The Kier molecular flexibility index (Phi) is 4.66. The lowest BCUT2D eigenvalue weighted by Crippen LogP contribution is -2.42. The van der Waals surface area contributed by atoms with Crippen LogP contribution in [-0.4, -0.2) is 31.3 Å². The van der Waals surface area contributed by atoms with Crippen molar-refractivity contribution in [2.75, 3.05) is 20.2 Å². The molecule has 0 aliphatic carbocycles. The number of nitrogens with zero attached hydrogens (tertiary/aromatic N) is 1. The third-order valence-corrected chi connectivity index (χ3v) is 1.06. The summed E-state index contributed by atoms with van der Waals surface area (Å²) >= 11 is 0. The maximum absolute atomic E-state index is 10.8. The van der Waals surface area contributed by atoms with Crippen LogP contribution < -0.4 is 5.43 Å². The molecule has 0 aromatic rings. The molecule has 0 spiro atoms. The molecule has 60 valence electrons. The Balaban J connectivity index is 3.68. The van der Waals surface area contributed by atoms with Crippen molar-refractivity contribution in [2.24, 2.45) is 0 Å². The average molecular weight is 146 g/mol. The second kappa shape index (κ2) is 5.05. The molecular weight excluding hydrogens is 132 g/mol. The standard InChI is InChI=1S/C6H14N2O2/c1-4-7-8(5-2)6(9)10-3/h7H,4-5H2,1-3H3. The van der Waals surface area contributed by atoms with Gasteiger partial charge in [0.1, 0.15) is 0 Å². The first-order valence-electron chi connectivity index (χ1n) is 3.35. The fourth-order valence-corrected chi connectivity index (χ4v) is 0.607. The fourth-order valence-electron chi connectivity index (χ4n) is 0.607. The number of amides is 1. The van der Waals surface area contributed by atoms with Gasteiger partial charge in [0, 0.05) is 13.1 Å². The van der Waals surface area contributed by atoms with Gasteiger partial charge in [-0.05, 0) is 6.92 Å². The SMILES string of the molecule is CCNN(CC)C(=O)OC. The maximum atomic E-state index is 10.8. The molecule has 0 aromatic heterocycles. The van der Waals surface area contributed by atoms with Crippen LogP contribution >= 0.6 is 0 Å². The average Bonchev–Trinajstić information content (AvgIpc) is 1.99. The first kappa shape index (κ1) is 9.23. The molecule has 0 unspecified atom stereocenters. The highest BCUT2D eigenvalue weighted by Gasteiger charge is 2.07. The molecule has 1 N–H and O–H groups in total. The van der Waals surface area contributed by atoms with E-state index in [2.05, 4.69) is 10.2 Å². The molecule has 0 saturated heterocycles. The van der Waals surface area contributed by atoms with Gasteiger partial charge in [0.05, 0.1) is 7.11 Å². The zero-order valence-corrected chi connectivity index (χ0v) is 6.68. The highest BCUT2D eigenvalue weighted by molar-refractivity contribution is 5.66. The van der Waals surface area contributed by atoms with Gasteiger partial charge in [-0.15, -0.1) is 0 Å². The third kappa shape index (κ3) is 2.68. The fraction of sp³-hybridized carbons (Fsp3) is 0.833. The van der Waals surface area contributed by atoms with Crippen molar-refractivity contribution in [1.82, 2.24) is 10.4 Å². The highest BCUT2D eigenvalue weighted by atomic mass is 16.5. The summed E-state index contributed by atoms with van der Waals surface area (Å²) in [6, 6.07) is 0. The number of hydrogen-bond acceptors (Lipinski definition) is 3. The van der Waals surface area contributed by atoms with E-state index in [1.807, 2.05) is 13.8 Å². The van der Waals surface area contributed by atoms with Gasteiger partial charge in [-0.2, -0.15) is 0 Å². The predicted octanol–water partition coefficient (Wildman–Crippen LogP) is 0.599. The van der Waals surface area contributed by atoms with E-state index in [1.165, 1.54) is 12.1 Å². The number of methoxy groups -OCH3 is 1. The Morgan fingerprint density at radius 1 is 1.60 bits per heavy atom. The van der Waals surface area contributed by atoms with Crippen molar-refractivity contribution in [3.63, 3.8) is 0 Å². The van der Waals surface area contributed by atoms with Gasteiger partial charge < -0.3 is 4.74 Å². The lowest BCUT2D eigenvalue weighted by molar-refractivity contribution is 0.105. The Hall–Kier alpha value is -0.770. The molecule has 4 heteroatoms. The number of rotatable bonds is 3. The van der Waals surface area contributed by atoms with Gasteiger partial charge in [-0.25, -0.2) is 15.2 Å². The minimum Gasteiger partial charge on any atom is -0.452 e. The third-order valence-electron chi connectivity index (χ3n) is 1.06. The van der Waals surface area contributed by atoms with Gasteiger partial charge in [-0.1, -0.05) is 6.92 Å². The molecule has 0 aliphatic heterocycles. The number of hydrazine groups is 1. The van der Waals surface area contributed by atoms with Crippen LogP contribution in [0, 0.1) is 0 Å². The van der Waals surface area contributed by atoms with Gasteiger partial charge in [0.2, 0.25) is 0 Å². The number of hydrogen-bond donors (Lipinski definition) is 1. The number of nitrogens with one attached hydrogen (secondary N) is 1. The molecule has 0 fully saturated rings. The Labute approximate surface area is 61.1 Å². The molecule has 0 aromatic carbocycles. The molecule has 0 saturated carbocycles. The van der Waals surface area contributed by atoms with E-state index >= 15 is 0 Å². The monoisotopic (exact) mass is 146 g/mol. The lowest BCUT2D eigenvalue weighted by Gasteiger charge is -2.18. The summed E-state index contributed by atoms with van der Waals surface area (Å²) in [7, 11) is 1.36. The van der Waals surface area contributed by atoms with Crippen LogP contribution in [0.25, 0.3) is 0 Å². The molecule has 0 atom stereocenters. The van der Waals surface area contributed by atoms with E-state index in [0.29, 0.717) is 6.54 Å². The van der Waals surface area contributed by atoms with Gasteiger partial charge >= 0.3 is 6.09 Å². The zero-order chi connectivity index (χ0) is 7.98. The quantitative estimate of drug-likeness (QED) is 0.593. The molecule has 10 heavy (non-hydrogen) atoms. The molecule has 0 radical (unpaired) electrons. The number of carbonyl (C=O) groups is 1. The number of carbonyl (C=O) groups excluding carboxylic acids is 1. The predicted molar refractivity (Wildman–Crippen MR) is 38.5 cm³/mol. The van der Waals surface area contributed by atoms with E-state index in [4.69, 9.17) is 0 Å². The van der Waals surface area contributed by atoms with Crippen molar-refractivity contribution < 1.29 is 9.53 Å². The molecule has 1 amide bonds. The minimum absolute atomic E-state index is 0.343. The van der Waals surface area contributed by atoms with Gasteiger partial charge in [0.15, 0.2) is 0 Å². The van der Waals surface area contributed by atoms with Crippen LogP contribution in [0.15, 0.2) is 0 Å². The van der Waals surface area contributed by atoms with E-state index < -0.39 is 0 Å². The summed E-state index contributed by atoms with van der Waals surface area (Å²) < 4.78 is 4.48. The Morgan fingerprint density at radius 3 is 2.50 bits per heavy atom. The summed E-state index contributed by atoms with van der Waals surface area (Å²) in [5, 5.41) is 1.42. The van der Waals surface area contributed by atoms with Crippen LogP contribution in [0.3, 0.4) is 0 Å². The maximum Gasteiger partial charge on any atom is 0.423 e. The lowest BCUT2D eigenvalue weighted by atomic mass is 10.7. The van der Waals surface area contributed by atoms with Gasteiger partial charge in [-0.3, -0.25) is 0 Å². The number of ether oxygens (including phenoxy) is 1. The highest BCUT2D eigenvalue weighted by Crippen LogP contribution is 1.85. The summed E-state index contributed by atoms with van der Waals surface area (Å²) in [5.41, 5.74) is 2.84. The summed E-state index contributed by atoms with van der Waals surface area (Å²) in [6.07, 6.45) is -0.343. The van der Waals surface area contributed by atoms with E-state index in [9.17, 15) is 4.79 Å². The van der Waals surface area contributed by atoms with Crippen LogP contribution in [0.1, 0.15) is 13.8 Å². The summed E-state index contributed by atoms with van der Waals surface area (Å²) in [5.74, 6) is 0. The summed E-state index contributed by atoms with van der Waals surface area (Å²) in [6.45, 7) is 5.13. The zero-order valence-electron chi connectivity index (χ0n) is 6.68. The van der Waals surface area contributed by atoms with Crippen molar-refractivity contribution in [2.45, 2.75) is 13.8 Å². The molecule has 0 heterocycles. The first-order valence-corrected chi connectivity index (χ1v) is 3.35. The Morgan fingerprint density at radius 2 is 2.20 bits per heavy atom. The molecule has 0 bridgehead atoms. The molecule has 4 nitrogen and oxygen atoms in total. The summed E-state index contributed by atoms with van der Waals surface area (Å²) in [4.78, 5) is 10.8. The minimum atomic E-state index is -0.343. The van der Waals surface area contributed by atoms with Crippen LogP contribution in [0.5, 0.6) is 0 Å². The van der Waals surface area contributed by atoms with Crippen molar-refractivity contribution in [1.29, 1.82) is 0 Å². The van der Waals surface area contributed by atoms with Gasteiger partial charge in [0.25, 0.3) is 0 Å². The first-order chi connectivity index (χ1) is 4.76. The van der Waals surface area contributed by atoms with Crippen LogP contribution in [0.2, 0.25) is 0 Å². The molecule has 0 aliphatic rings. The smallest absolute Gasteiger partial charge is 0.423 e. The normalized spacial score (nSPS) is 9.10. The van der Waals surface area contributed by atoms with Crippen LogP contribution in [0.4, 0.5) is 4.79 Å². The van der Waals surface area contributed by atoms with Crippen molar-refractivity contribution >= 4 is 6.09 Å². The van der Waals surface area contributed by atoms with E-state index in [-0.39, 0.29) is 6.09 Å².